The first kappa shape index (κ1) is 18.5. The van der Waals surface area contributed by atoms with Crippen molar-refractivity contribution in [3.63, 3.8) is 0 Å². The van der Waals surface area contributed by atoms with E-state index in [0.29, 0.717) is 14.7 Å². The first-order valence-corrected chi connectivity index (χ1v) is 10.1. The number of hydrogen-bond acceptors (Lipinski definition) is 4. The standard InChI is InChI=1S/C24H18O2S2/c25-20-12-11-18(16-7-3-1-4-8-16)14-22(20)28-23-15-19(13-21(27)24(23)26)17-9-5-2-6-10-17/h1-15,25-27H. The van der Waals surface area contributed by atoms with Crippen LogP contribution >= 0.6 is 24.4 Å². The lowest BCUT2D eigenvalue weighted by Crippen LogP contribution is -1.85. The van der Waals surface area contributed by atoms with E-state index in [2.05, 4.69) is 12.6 Å². The van der Waals surface area contributed by atoms with E-state index in [4.69, 9.17) is 0 Å². The van der Waals surface area contributed by atoms with Gasteiger partial charge < -0.3 is 10.2 Å². The zero-order chi connectivity index (χ0) is 19.5. The maximum atomic E-state index is 10.5. The Morgan fingerprint density at radius 2 is 1.14 bits per heavy atom. The number of aromatic hydroxyl groups is 2. The van der Waals surface area contributed by atoms with E-state index in [-0.39, 0.29) is 11.5 Å². The van der Waals surface area contributed by atoms with E-state index in [1.807, 2.05) is 84.9 Å². The minimum Gasteiger partial charge on any atom is -0.507 e. The average molecular weight is 403 g/mol. The topological polar surface area (TPSA) is 40.5 Å². The van der Waals surface area contributed by atoms with Gasteiger partial charge in [-0.15, -0.1) is 12.6 Å². The molecule has 0 radical (unpaired) electrons. The van der Waals surface area contributed by atoms with Crippen LogP contribution in [0.25, 0.3) is 22.3 Å². The van der Waals surface area contributed by atoms with Crippen molar-refractivity contribution in [2.45, 2.75) is 14.7 Å². The van der Waals surface area contributed by atoms with Crippen molar-refractivity contribution in [3.8, 4) is 33.8 Å². The van der Waals surface area contributed by atoms with Crippen LogP contribution in [0.2, 0.25) is 0 Å². The quantitative estimate of drug-likeness (QED) is 0.326. The second kappa shape index (κ2) is 8.05. The molecule has 0 aliphatic heterocycles. The predicted molar refractivity (Wildman–Crippen MR) is 118 cm³/mol. The summed E-state index contributed by atoms with van der Waals surface area (Å²) in [5.74, 6) is 0.285. The van der Waals surface area contributed by atoms with Gasteiger partial charge in [-0.25, -0.2) is 0 Å². The summed E-state index contributed by atoms with van der Waals surface area (Å²) in [4.78, 5) is 1.82. The Labute approximate surface area is 173 Å². The minimum atomic E-state index is 0.109. The summed E-state index contributed by atoms with van der Waals surface area (Å²) >= 11 is 5.76. The largest absolute Gasteiger partial charge is 0.507 e. The molecule has 0 atom stereocenters. The molecule has 0 amide bonds. The Balaban J connectivity index is 1.74. The number of hydrogen-bond donors (Lipinski definition) is 3. The molecule has 0 heterocycles. The molecule has 138 valence electrons. The van der Waals surface area contributed by atoms with Crippen LogP contribution in [0.4, 0.5) is 0 Å². The summed E-state index contributed by atoms with van der Waals surface area (Å²) in [6.45, 7) is 0. The van der Waals surface area contributed by atoms with Gasteiger partial charge in [-0.05, 0) is 46.5 Å². The molecule has 28 heavy (non-hydrogen) atoms. The van der Waals surface area contributed by atoms with Gasteiger partial charge in [0, 0.05) is 4.90 Å². The third kappa shape index (κ3) is 3.88. The van der Waals surface area contributed by atoms with Crippen molar-refractivity contribution in [1.82, 2.24) is 0 Å². The van der Waals surface area contributed by atoms with Crippen molar-refractivity contribution >= 4 is 24.4 Å². The second-order valence-electron chi connectivity index (χ2n) is 6.36. The number of phenols is 2. The summed E-state index contributed by atoms with van der Waals surface area (Å²) in [5.41, 5.74) is 4.08. The molecule has 0 fully saturated rings. The third-order valence-corrected chi connectivity index (χ3v) is 5.87. The van der Waals surface area contributed by atoms with Gasteiger partial charge in [0.1, 0.15) is 11.5 Å². The summed E-state index contributed by atoms with van der Waals surface area (Å²) in [6.07, 6.45) is 0. The average Bonchev–Trinajstić information content (AvgIpc) is 2.74. The lowest BCUT2D eigenvalue weighted by Gasteiger charge is -2.12. The molecular weight excluding hydrogens is 384 g/mol. The van der Waals surface area contributed by atoms with Crippen LogP contribution < -0.4 is 0 Å². The molecule has 0 saturated carbocycles. The zero-order valence-electron chi connectivity index (χ0n) is 14.9. The Hall–Kier alpha value is -2.82. The fourth-order valence-corrected chi connectivity index (χ4v) is 4.32. The first-order valence-electron chi connectivity index (χ1n) is 8.79. The van der Waals surface area contributed by atoms with E-state index in [9.17, 15) is 10.2 Å². The number of rotatable bonds is 4. The normalized spacial score (nSPS) is 10.8. The molecule has 4 aromatic carbocycles. The number of benzene rings is 4. The fraction of sp³-hybridized carbons (Fsp3) is 0. The highest BCUT2D eigenvalue weighted by atomic mass is 32.2. The van der Waals surface area contributed by atoms with Crippen molar-refractivity contribution in [2.24, 2.45) is 0 Å². The van der Waals surface area contributed by atoms with Crippen LogP contribution in [0.5, 0.6) is 11.5 Å². The van der Waals surface area contributed by atoms with Crippen molar-refractivity contribution in [1.29, 1.82) is 0 Å². The van der Waals surface area contributed by atoms with Crippen LogP contribution in [-0.4, -0.2) is 10.2 Å². The zero-order valence-corrected chi connectivity index (χ0v) is 16.6. The highest BCUT2D eigenvalue weighted by molar-refractivity contribution is 7.99. The third-order valence-electron chi connectivity index (χ3n) is 4.45. The highest BCUT2D eigenvalue weighted by Gasteiger charge is 2.13. The van der Waals surface area contributed by atoms with Crippen LogP contribution in [0, 0.1) is 0 Å². The molecule has 0 bridgehead atoms. The molecule has 0 saturated heterocycles. The van der Waals surface area contributed by atoms with E-state index in [0.717, 1.165) is 22.3 Å². The summed E-state index contributed by atoms with van der Waals surface area (Å²) in [7, 11) is 0. The van der Waals surface area contributed by atoms with Gasteiger partial charge in [0.05, 0.1) is 9.79 Å². The van der Waals surface area contributed by atoms with Gasteiger partial charge in [0.2, 0.25) is 0 Å². The Bertz CT molecular complexity index is 1110. The molecule has 0 aliphatic carbocycles. The molecule has 2 nitrogen and oxygen atoms in total. The second-order valence-corrected chi connectivity index (χ2v) is 7.92. The maximum absolute atomic E-state index is 10.5. The summed E-state index contributed by atoms with van der Waals surface area (Å²) < 4.78 is 0. The van der Waals surface area contributed by atoms with Crippen LogP contribution in [0.3, 0.4) is 0 Å². The van der Waals surface area contributed by atoms with Crippen LogP contribution in [0.15, 0.2) is 106 Å². The lowest BCUT2D eigenvalue weighted by molar-refractivity contribution is 0.449. The van der Waals surface area contributed by atoms with E-state index < -0.39 is 0 Å². The number of phenolic OH excluding ortho intramolecular Hbond substituents is 2. The number of thiol groups is 1. The van der Waals surface area contributed by atoms with Crippen LogP contribution in [0.1, 0.15) is 0 Å². The van der Waals surface area contributed by atoms with Gasteiger partial charge >= 0.3 is 0 Å². The Morgan fingerprint density at radius 1 is 0.571 bits per heavy atom. The van der Waals surface area contributed by atoms with Gasteiger partial charge in [0.15, 0.2) is 0 Å². The monoisotopic (exact) mass is 402 g/mol. The van der Waals surface area contributed by atoms with E-state index in [1.54, 1.807) is 6.07 Å². The first-order chi connectivity index (χ1) is 13.6. The molecule has 4 rings (SSSR count). The van der Waals surface area contributed by atoms with Gasteiger partial charge in [-0.2, -0.15) is 0 Å². The molecule has 0 unspecified atom stereocenters. The molecule has 0 aliphatic rings. The minimum absolute atomic E-state index is 0.109. The van der Waals surface area contributed by atoms with E-state index >= 15 is 0 Å². The molecule has 4 heteroatoms. The van der Waals surface area contributed by atoms with E-state index in [1.165, 1.54) is 11.8 Å². The highest BCUT2D eigenvalue weighted by Crippen LogP contribution is 2.44. The Kier molecular flexibility index (Phi) is 5.33. The Morgan fingerprint density at radius 3 is 1.79 bits per heavy atom. The van der Waals surface area contributed by atoms with Crippen molar-refractivity contribution in [3.05, 3.63) is 91.0 Å². The van der Waals surface area contributed by atoms with Crippen molar-refractivity contribution in [2.75, 3.05) is 0 Å². The lowest BCUT2D eigenvalue weighted by atomic mass is 10.1. The molecule has 2 N–H and O–H groups in total. The fourth-order valence-electron chi connectivity index (χ4n) is 2.99. The smallest absolute Gasteiger partial charge is 0.142 e. The maximum Gasteiger partial charge on any atom is 0.142 e. The van der Waals surface area contributed by atoms with Gasteiger partial charge in [-0.1, -0.05) is 78.5 Å². The summed E-state index contributed by atoms with van der Waals surface area (Å²) in [6, 6.07) is 29.2. The summed E-state index contributed by atoms with van der Waals surface area (Å²) in [5, 5.41) is 20.9. The molecular formula is C24H18O2S2. The molecule has 0 aromatic heterocycles. The predicted octanol–water partition coefficient (Wildman–Crippen LogP) is 6.87. The van der Waals surface area contributed by atoms with Crippen molar-refractivity contribution < 1.29 is 10.2 Å². The molecule has 4 aromatic rings. The van der Waals surface area contributed by atoms with Gasteiger partial charge in [-0.3, -0.25) is 0 Å². The van der Waals surface area contributed by atoms with Crippen LogP contribution in [-0.2, 0) is 0 Å². The SMILES string of the molecule is Oc1ccc(-c2ccccc2)cc1Sc1cc(-c2ccccc2)cc(S)c1O. The molecule has 0 spiro atoms. The van der Waals surface area contributed by atoms with Gasteiger partial charge in [0.25, 0.3) is 0 Å².